The van der Waals surface area contributed by atoms with E-state index < -0.39 is 6.10 Å². The van der Waals surface area contributed by atoms with Crippen LogP contribution in [-0.2, 0) is 0 Å². The number of hydrogen-bond acceptors (Lipinski definition) is 2. The zero-order valence-corrected chi connectivity index (χ0v) is 12.8. The first kappa shape index (κ1) is 15.2. The molecule has 0 spiro atoms. The smallest absolute Gasteiger partial charge is 0.123 e. The molecule has 0 aliphatic rings. The van der Waals surface area contributed by atoms with E-state index in [0.717, 1.165) is 15.6 Å². The van der Waals surface area contributed by atoms with Gasteiger partial charge in [0.25, 0.3) is 0 Å². The zero-order valence-electron chi connectivity index (χ0n) is 11.2. The Kier molecular flexibility index (Phi) is 4.91. The Morgan fingerprint density at radius 2 is 2.00 bits per heavy atom. The minimum Gasteiger partial charge on any atom is -0.388 e. The summed E-state index contributed by atoms with van der Waals surface area (Å²) >= 11 is 3.44. The van der Waals surface area contributed by atoms with Crippen molar-refractivity contribution in [1.29, 1.82) is 0 Å². The molecule has 0 radical (unpaired) electrons. The molecule has 20 heavy (non-hydrogen) atoms. The van der Waals surface area contributed by atoms with Crippen LogP contribution >= 0.6 is 15.9 Å². The highest BCUT2D eigenvalue weighted by atomic mass is 79.9. The van der Waals surface area contributed by atoms with Crippen LogP contribution in [0.15, 0.2) is 46.9 Å². The van der Waals surface area contributed by atoms with Crippen molar-refractivity contribution >= 4 is 15.9 Å². The SMILES string of the molecule is Cc1ccc(Br)c(C(O)C(CN)c2cccc(F)c2)c1. The van der Waals surface area contributed by atoms with Gasteiger partial charge in [-0.1, -0.05) is 45.8 Å². The average Bonchev–Trinajstić information content (AvgIpc) is 2.42. The number of aryl methyl sites for hydroxylation is 1. The molecule has 0 amide bonds. The molecule has 2 atom stereocenters. The Morgan fingerprint density at radius 3 is 2.65 bits per heavy atom. The highest BCUT2D eigenvalue weighted by molar-refractivity contribution is 9.10. The van der Waals surface area contributed by atoms with E-state index in [1.54, 1.807) is 12.1 Å². The third kappa shape index (κ3) is 3.26. The van der Waals surface area contributed by atoms with Crippen molar-refractivity contribution in [3.8, 4) is 0 Å². The predicted molar refractivity (Wildman–Crippen MR) is 82.0 cm³/mol. The van der Waals surface area contributed by atoms with Crippen LogP contribution in [0.4, 0.5) is 4.39 Å². The fraction of sp³-hybridized carbons (Fsp3) is 0.250. The van der Waals surface area contributed by atoms with Gasteiger partial charge in [0, 0.05) is 16.9 Å². The number of halogens is 2. The number of nitrogens with two attached hydrogens (primary N) is 1. The summed E-state index contributed by atoms with van der Waals surface area (Å²) in [6, 6.07) is 12.0. The molecule has 2 aromatic carbocycles. The van der Waals surface area contributed by atoms with Gasteiger partial charge in [0.05, 0.1) is 6.10 Å². The van der Waals surface area contributed by atoms with E-state index in [9.17, 15) is 9.50 Å². The number of aliphatic hydroxyl groups excluding tert-OH is 1. The Bertz CT molecular complexity index is 603. The Hall–Kier alpha value is -1.23. The average molecular weight is 338 g/mol. The molecule has 0 bridgehead atoms. The second-order valence-corrected chi connectivity index (χ2v) is 5.72. The number of rotatable bonds is 4. The lowest BCUT2D eigenvalue weighted by Gasteiger charge is -2.23. The van der Waals surface area contributed by atoms with Crippen molar-refractivity contribution < 1.29 is 9.50 Å². The van der Waals surface area contributed by atoms with Gasteiger partial charge in [0.2, 0.25) is 0 Å². The van der Waals surface area contributed by atoms with E-state index in [-0.39, 0.29) is 18.3 Å². The third-order valence-electron chi connectivity index (χ3n) is 3.38. The summed E-state index contributed by atoms with van der Waals surface area (Å²) in [6.45, 7) is 2.20. The molecule has 0 saturated heterocycles. The maximum atomic E-state index is 13.3. The van der Waals surface area contributed by atoms with Gasteiger partial charge < -0.3 is 10.8 Å². The van der Waals surface area contributed by atoms with Gasteiger partial charge in [0.15, 0.2) is 0 Å². The van der Waals surface area contributed by atoms with Crippen molar-refractivity contribution in [1.82, 2.24) is 0 Å². The van der Waals surface area contributed by atoms with Crippen molar-refractivity contribution in [3.63, 3.8) is 0 Å². The van der Waals surface area contributed by atoms with Crippen LogP contribution in [0.3, 0.4) is 0 Å². The third-order valence-corrected chi connectivity index (χ3v) is 4.10. The van der Waals surface area contributed by atoms with Gasteiger partial charge in [-0.05, 0) is 36.2 Å². The Morgan fingerprint density at radius 1 is 1.25 bits per heavy atom. The van der Waals surface area contributed by atoms with Gasteiger partial charge in [-0.15, -0.1) is 0 Å². The monoisotopic (exact) mass is 337 g/mol. The van der Waals surface area contributed by atoms with Crippen LogP contribution in [0.5, 0.6) is 0 Å². The molecule has 0 aliphatic carbocycles. The molecule has 2 unspecified atom stereocenters. The maximum absolute atomic E-state index is 13.3. The summed E-state index contributed by atoms with van der Waals surface area (Å²) < 4.78 is 14.2. The maximum Gasteiger partial charge on any atom is 0.123 e. The standard InChI is InChI=1S/C16H17BrFNO/c1-10-5-6-15(17)13(7-10)16(20)14(9-19)11-3-2-4-12(18)8-11/h2-8,14,16,20H,9,19H2,1H3. The van der Waals surface area contributed by atoms with E-state index in [1.807, 2.05) is 25.1 Å². The summed E-state index contributed by atoms with van der Waals surface area (Å²) in [4.78, 5) is 0. The summed E-state index contributed by atoms with van der Waals surface area (Å²) in [5.74, 6) is -0.666. The van der Waals surface area contributed by atoms with Crippen molar-refractivity contribution in [2.75, 3.05) is 6.54 Å². The van der Waals surface area contributed by atoms with E-state index in [1.165, 1.54) is 12.1 Å². The van der Waals surface area contributed by atoms with E-state index in [2.05, 4.69) is 15.9 Å². The van der Waals surface area contributed by atoms with Gasteiger partial charge in [0.1, 0.15) is 5.82 Å². The molecule has 2 nitrogen and oxygen atoms in total. The Balaban J connectivity index is 2.38. The topological polar surface area (TPSA) is 46.2 Å². The summed E-state index contributed by atoms with van der Waals surface area (Å²) in [7, 11) is 0. The molecule has 106 valence electrons. The van der Waals surface area contributed by atoms with Crippen LogP contribution in [-0.4, -0.2) is 11.7 Å². The van der Waals surface area contributed by atoms with Gasteiger partial charge >= 0.3 is 0 Å². The van der Waals surface area contributed by atoms with Crippen molar-refractivity contribution in [3.05, 3.63) is 69.4 Å². The van der Waals surface area contributed by atoms with Gasteiger partial charge in [-0.25, -0.2) is 4.39 Å². The first-order valence-electron chi connectivity index (χ1n) is 6.42. The number of benzene rings is 2. The van der Waals surface area contributed by atoms with Gasteiger partial charge in [-0.3, -0.25) is 0 Å². The van der Waals surface area contributed by atoms with Crippen molar-refractivity contribution in [2.24, 2.45) is 5.73 Å². The summed E-state index contributed by atoms with van der Waals surface area (Å²) in [5.41, 5.74) is 8.31. The van der Waals surface area contributed by atoms with Gasteiger partial charge in [-0.2, -0.15) is 0 Å². The molecule has 2 rings (SSSR count). The highest BCUT2D eigenvalue weighted by Crippen LogP contribution is 2.34. The molecule has 0 heterocycles. The molecule has 0 fully saturated rings. The zero-order chi connectivity index (χ0) is 14.7. The second kappa shape index (κ2) is 6.48. The molecular weight excluding hydrogens is 321 g/mol. The van der Waals surface area contributed by atoms with E-state index in [0.29, 0.717) is 5.56 Å². The lowest BCUT2D eigenvalue weighted by molar-refractivity contribution is 0.146. The van der Waals surface area contributed by atoms with Crippen LogP contribution in [0.1, 0.15) is 28.7 Å². The molecule has 0 aliphatic heterocycles. The molecule has 3 N–H and O–H groups in total. The number of aliphatic hydroxyl groups is 1. The predicted octanol–water partition coefficient (Wildman–Crippen LogP) is 3.67. The second-order valence-electron chi connectivity index (χ2n) is 4.87. The number of hydrogen-bond donors (Lipinski definition) is 2. The molecule has 0 saturated carbocycles. The minimum atomic E-state index is -0.781. The fourth-order valence-electron chi connectivity index (χ4n) is 2.29. The minimum absolute atomic E-state index is 0.241. The Labute approximate surface area is 126 Å². The molecule has 0 aromatic heterocycles. The quantitative estimate of drug-likeness (QED) is 0.893. The molecule has 2 aromatic rings. The lowest BCUT2D eigenvalue weighted by atomic mass is 9.88. The lowest BCUT2D eigenvalue weighted by Crippen LogP contribution is -2.20. The summed E-state index contributed by atoms with van der Waals surface area (Å²) in [6.07, 6.45) is -0.781. The van der Waals surface area contributed by atoms with Crippen LogP contribution in [0.2, 0.25) is 0 Å². The normalized spacial score (nSPS) is 14.1. The summed E-state index contributed by atoms with van der Waals surface area (Å²) in [5, 5.41) is 10.6. The largest absolute Gasteiger partial charge is 0.388 e. The van der Waals surface area contributed by atoms with Crippen LogP contribution in [0, 0.1) is 12.7 Å². The highest BCUT2D eigenvalue weighted by Gasteiger charge is 2.23. The first-order chi connectivity index (χ1) is 9.52. The molecule has 4 heteroatoms. The van der Waals surface area contributed by atoms with Crippen LogP contribution < -0.4 is 5.73 Å². The molecular formula is C16H17BrFNO. The van der Waals surface area contributed by atoms with E-state index >= 15 is 0 Å². The fourth-order valence-corrected chi connectivity index (χ4v) is 2.77. The van der Waals surface area contributed by atoms with Crippen molar-refractivity contribution in [2.45, 2.75) is 18.9 Å². The van der Waals surface area contributed by atoms with Crippen LogP contribution in [0.25, 0.3) is 0 Å². The first-order valence-corrected chi connectivity index (χ1v) is 7.22. The van der Waals surface area contributed by atoms with E-state index in [4.69, 9.17) is 5.73 Å².